The fraction of sp³-hybridized carbons (Fsp3) is 0.254. The first-order valence-electron chi connectivity index (χ1n) is 23.1. The van der Waals surface area contributed by atoms with Crippen LogP contribution >= 0.6 is 0 Å². The average Bonchev–Trinajstić information content (AvgIpc) is 3.59. The van der Waals surface area contributed by atoms with Crippen LogP contribution in [0.3, 0.4) is 0 Å². The molecule has 7 aromatic carbocycles. The van der Waals surface area contributed by atoms with Gasteiger partial charge in [0.1, 0.15) is 0 Å². The molecule has 315 valence electrons. The van der Waals surface area contributed by atoms with E-state index in [1.165, 1.54) is 72.7 Å². The lowest BCUT2D eigenvalue weighted by molar-refractivity contribution is -0.118. The number of fused-ring (bicyclic) bond motifs is 9. The molecule has 4 nitrogen and oxygen atoms in total. The van der Waals surface area contributed by atoms with E-state index < -0.39 is 5.41 Å². The maximum atomic E-state index is 14.9. The molecule has 1 amide bonds. The summed E-state index contributed by atoms with van der Waals surface area (Å²) in [6, 6.07) is 58.4. The lowest BCUT2D eigenvalue weighted by atomic mass is 9.64. The van der Waals surface area contributed by atoms with Gasteiger partial charge < -0.3 is 9.80 Å². The van der Waals surface area contributed by atoms with Crippen molar-refractivity contribution in [2.24, 2.45) is 0 Å². The number of carbonyl (C=O) groups excluding carboxylic acids is 1. The van der Waals surface area contributed by atoms with Crippen molar-refractivity contribution >= 4 is 34.3 Å². The number of para-hydroxylation sites is 4. The summed E-state index contributed by atoms with van der Waals surface area (Å²) in [6.07, 6.45) is 1.35. The van der Waals surface area contributed by atoms with Gasteiger partial charge in [-0.05, 0) is 104 Å². The summed E-state index contributed by atoms with van der Waals surface area (Å²) in [5.74, 6) is 1.17. The molecule has 2 aliphatic heterocycles. The Balaban J connectivity index is 1.18. The second kappa shape index (κ2) is 15.8. The van der Waals surface area contributed by atoms with E-state index in [4.69, 9.17) is 0 Å². The topological polar surface area (TPSA) is 26.8 Å². The minimum Gasteiger partial charge on any atom is -0.340 e. The zero-order valence-electron chi connectivity index (χ0n) is 38.0. The Morgan fingerprint density at radius 3 is 1.30 bits per heavy atom. The molecule has 0 atom stereocenters. The first-order valence-corrected chi connectivity index (χ1v) is 23.1. The smallest absolute Gasteiger partial charge is 0.231 e. The van der Waals surface area contributed by atoms with Gasteiger partial charge in [0.05, 0.1) is 22.5 Å². The molecule has 0 unspecified atom stereocenters. The molecule has 1 saturated heterocycles. The Kier molecular flexibility index (Phi) is 10.2. The van der Waals surface area contributed by atoms with Gasteiger partial charge in [-0.3, -0.25) is 9.69 Å². The van der Waals surface area contributed by atoms with Gasteiger partial charge in [-0.15, -0.1) is 0 Å². The highest BCUT2D eigenvalue weighted by atomic mass is 16.2. The fourth-order valence-corrected chi connectivity index (χ4v) is 11.1. The Labute approximate surface area is 374 Å². The van der Waals surface area contributed by atoms with E-state index in [9.17, 15) is 4.79 Å². The van der Waals surface area contributed by atoms with Crippen LogP contribution in [0.25, 0.3) is 11.1 Å². The number of anilines is 5. The summed E-state index contributed by atoms with van der Waals surface area (Å²) in [5.41, 5.74) is 19.0. The predicted octanol–water partition coefficient (Wildman–Crippen LogP) is 15.1. The molecule has 1 spiro atoms. The number of rotatable bonds is 8. The van der Waals surface area contributed by atoms with Crippen molar-refractivity contribution in [1.82, 2.24) is 0 Å². The van der Waals surface area contributed by atoms with Crippen LogP contribution in [0.2, 0.25) is 0 Å². The third-order valence-corrected chi connectivity index (χ3v) is 13.9. The minimum absolute atomic E-state index is 0.134. The van der Waals surface area contributed by atoms with E-state index in [0.29, 0.717) is 24.8 Å². The Morgan fingerprint density at radius 1 is 0.429 bits per heavy atom. The third-order valence-electron chi connectivity index (χ3n) is 13.9. The van der Waals surface area contributed by atoms with Gasteiger partial charge in [0.25, 0.3) is 0 Å². The van der Waals surface area contributed by atoms with E-state index in [0.717, 1.165) is 23.1 Å². The van der Waals surface area contributed by atoms with Gasteiger partial charge in [-0.2, -0.15) is 0 Å². The Morgan fingerprint density at radius 2 is 0.841 bits per heavy atom. The maximum Gasteiger partial charge on any atom is 0.231 e. The molecule has 0 N–H and O–H groups in total. The number of nitrogens with zero attached hydrogens (tertiary/aromatic N) is 3. The van der Waals surface area contributed by atoms with Crippen LogP contribution in [0.15, 0.2) is 158 Å². The van der Waals surface area contributed by atoms with Crippen LogP contribution in [0.1, 0.15) is 136 Å². The van der Waals surface area contributed by atoms with Crippen LogP contribution in [0.4, 0.5) is 28.4 Å². The number of hydrogen-bond acceptors (Lipinski definition) is 3. The summed E-state index contributed by atoms with van der Waals surface area (Å²) < 4.78 is 0. The first kappa shape index (κ1) is 40.7. The highest BCUT2D eigenvalue weighted by molar-refractivity contribution is 6.02. The lowest BCUT2D eigenvalue weighted by Gasteiger charge is -2.47. The van der Waals surface area contributed by atoms with Gasteiger partial charge in [0.2, 0.25) is 5.91 Å². The van der Waals surface area contributed by atoms with Gasteiger partial charge in [-0.1, -0.05) is 189 Å². The molecule has 0 bridgehead atoms. The van der Waals surface area contributed by atoms with E-state index in [2.05, 4.69) is 228 Å². The van der Waals surface area contributed by atoms with Gasteiger partial charge in [0.15, 0.2) is 6.17 Å². The van der Waals surface area contributed by atoms with E-state index >= 15 is 0 Å². The quantitative estimate of drug-likeness (QED) is 0.153. The van der Waals surface area contributed by atoms with Gasteiger partial charge >= 0.3 is 0 Å². The molecule has 0 saturated carbocycles. The normalized spacial score (nSPS) is 15.4. The highest BCUT2D eigenvalue weighted by Crippen LogP contribution is 2.63. The molecule has 7 aromatic rings. The van der Waals surface area contributed by atoms with E-state index in [-0.39, 0.29) is 17.7 Å². The van der Waals surface area contributed by atoms with Crippen LogP contribution in [0.5, 0.6) is 0 Å². The number of carbonyl (C=O) groups is 1. The SMILES string of the molecule is CC(C)c1cccc(C(C)C)c1N1CCC(=O)N(c2c(C(C)C)cccc2C(C)C)[C]1c1ccc(N2c3ccccc3C3(c4ccccc4-c4ccccc43)c3ccccc32)cc1. The number of amides is 1. The zero-order valence-corrected chi connectivity index (χ0v) is 38.0. The van der Waals surface area contributed by atoms with Crippen molar-refractivity contribution in [3.05, 3.63) is 214 Å². The maximum absolute atomic E-state index is 14.9. The second-order valence-corrected chi connectivity index (χ2v) is 18.9. The molecule has 1 aliphatic carbocycles. The van der Waals surface area contributed by atoms with Crippen molar-refractivity contribution in [2.75, 3.05) is 21.2 Å². The zero-order chi connectivity index (χ0) is 43.7. The summed E-state index contributed by atoms with van der Waals surface area (Å²) >= 11 is 0. The summed E-state index contributed by atoms with van der Waals surface area (Å²) in [4.78, 5) is 21.9. The average molecular weight is 825 g/mol. The van der Waals surface area contributed by atoms with Crippen molar-refractivity contribution in [2.45, 2.75) is 90.9 Å². The Bertz CT molecular complexity index is 2720. The monoisotopic (exact) mass is 824 g/mol. The predicted molar refractivity (Wildman–Crippen MR) is 263 cm³/mol. The molecule has 63 heavy (non-hydrogen) atoms. The largest absolute Gasteiger partial charge is 0.340 e. The molecule has 4 heteroatoms. The molecule has 1 fully saturated rings. The lowest BCUT2D eigenvalue weighted by Crippen LogP contribution is -2.53. The van der Waals surface area contributed by atoms with Crippen molar-refractivity contribution in [3.63, 3.8) is 0 Å². The van der Waals surface area contributed by atoms with Gasteiger partial charge in [0, 0.05) is 29.9 Å². The van der Waals surface area contributed by atoms with Crippen molar-refractivity contribution in [1.29, 1.82) is 0 Å². The highest BCUT2D eigenvalue weighted by Gasteiger charge is 2.51. The third kappa shape index (κ3) is 6.20. The van der Waals surface area contributed by atoms with Gasteiger partial charge in [-0.25, -0.2) is 0 Å². The standard InChI is InChI=1S/C59H58N3O/c1-37(2)43-21-17-22-44(38(3)4)56(43)60-36-35-55(63)62(57-45(39(5)6)23-18-24-46(57)40(7)8)58(60)41-31-33-42(34-32-41)61-53-29-15-13-27-51(53)59(52-28-14-16-30-54(52)61)49-25-11-9-19-47(49)48-20-10-12-26-50(48)59/h9-34,37-40H,35-36H2,1-8H3. The molecular weight excluding hydrogens is 767 g/mol. The minimum atomic E-state index is -0.466. The first-order chi connectivity index (χ1) is 30.5. The molecule has 1 radical (unpaired) electrons. The van der Waals surface area contributed by atoms with Crippen LogP contribution in [-0.2, 0) is 10.2 Å². The molecule has 0 aromatic heterocycles. The molecular formula is C59H58N3O. The summed E-state index contributed by atoms with van der Waals surface area (Å²) in [7, 11) is 0. The fourth-order valence-electron chi connectivity index (χ4n) is 11.1. The second-order valence-electron chi connectivity index (χ2n) is 18.9. The molecule has 3 aliphatic rings. The van der Waals surface area contributed by atoms with E-state index in [1.54, 1.807) is 0 Å². The Hall–Kier alpha value is -6.39. The summed E-state index contributed by atoms with van der Waals surface area (Å²) in [6.45, 7) is 18.7. The van der Waals surface area contributed by atoms with E-state index in [1.807, 2.05) is 0 Å². The number of hydrogen-bond donors (Lipinski definition) is 0. The number of benzene rings is 7. The van der Waals surface area contributed by atoms with Crippen LogP contribution in [-0.4, -0.2) is 12.5 Å². The van der Waals surface area contributed by atoms with Crippen LogP contribution < -0.4 is 14.7 Å². The van der Waals surface area contributed by atoms with Crippen molar-refractivity contribution in [3.8, 4) is 11.1 Å². The van der Waals surface area contributed by atoms with Crippen LogP contribution in [0, 0.1) is 6.17 Å². The van der Waals surface area contributed by atoms with Crippen molar-refractivity contribution < 1.29 is 4.79 Å². The molecule has 2 heterocycles. The summed E-state index contributed by atoms with van der Waals surface area (Å²) in [5, 5.41) is 0. The molecule has 10 rings (SSSR count).